The van der Waals surface area contributed by atoms with Gasteiger partial charge < -0.3 is 13.7 Å². The van der Waals surface area contributed by atoms with Gasteiger partial charge in [-0.1, -0.05) is 26.5 Å². The van der Waals surface area contributed by atoms with Gasteiger partial charge in [0.1, 0.15) is 12.2 Å². The molecule has 0 radical (unpaired) electrons. The number of hydrogen-bond acceptors (Lipinski definition) is 7. The van der Waals surface area contributed by atoms with Crippen LogP contribution in [0.15, 0.2) is 36.1 Å². The van der Waals surface area contributed by atoms with Crippen molar-refractivity contribution in [2.45, 2.75) is 44.4 Å². The van der Waals surface area contributed by atoms with Crippen molar-refractivity contribution in [1.82, 2.24) is 0 Å². The first-order valence-corrected chi connectivity index (χ1v) is 8.84. The third kappa shape index (κ3) is 5.35. The molecule has 0 saturated carbocycles. The maximum atomic E-state index is 11.9. The van der Waals surface area contributed by atoms with Crippen LogP contribution in [0.25, 0.3) is 0 Å². The van der Waals surface area contributed by atoms with Crippen LogP contribution in [0, 0.1) is 0 Å². The Morgan fingerprint density at radius 1 is 1.12 bits per heavy atom. The van der Waals surface area contributed by atoms with Gasteiger partial charge in [0.05, 0.1) is 5.57 Å². The highest BCUT2D eigenvalue weighted by molar-refractivity contribution is 7.87. The number of alkyl halides is 3. The molecule has 0 saturated heterocycles. The molecular weight excluding hydrogens is 381 g/mol. The third-order valence-electron chi connectivity index (χ3n) is 3.16. The molecule has 26 heavy (non-hydrogen) atoms. The summed E-state index contributed by atoms with van der Waals surface area (Å²) in [5, 5.41) is 0. The molecule has 2 rings (SSSR count). The van der Waals surface area contributed by atoms with Gasteiger partial charge in [0.2, 0.25) is 5.76 Å². The fraction of sp³-hybridized carbons (Fsp3) is 0.467. The minimum Gasteiger partial charge on any atom is -0.455 e. The van der Waals surface area contributed by atoms with Crippen molar-refractivity contribution in [2.75, 3.05) is 0 Å². The monoisotopic (exact) mass is 398 g/mol. The second kappa shape index (κ2) is 8.39. The first kappa shape index (κ1) is 21.7. The second-order valence-electron chi connectivity index (χ2n) is 5.04. The maximum absolute atomic E-state index is 11.9. The molecule has 0 aromatic heterocycles. The minimum atomic E-state index is -5.81. The van der Waals surface area contributed by atoms with Crippen molar-refractivity contribution < 1.29 is 44.8 Å². The highest BCUT2D eigenvalue weighted by Crippen LogP contribution is 2.29. The number of hydrogen-bond donors (Lipinski definition) is 0. The van der Waals surface area contributed by atoms with Gasteiger partial charge in [0.15, 0.2) is 0 Å². The summed E-state index contributed by atoms with van der Waals surface area (Å²) in [7, 11) is -5.81. The number of esters is 2. The molecule has 7 nitrogen and oxygen atoms in total. The summed E-state index contributed by atoms with van der Waals surface area (Å²) in [5.74, 6) is -2.43. The molecule has 0 fully saturated rings. The standard InChI is InChI=1S/C8H10O2.C7H7F3O5S/c1-3-6-5-7(4-2)10-8(6)9;1-2-4-3-5(6(11)14-4)15-16(12,13)7(8,9)10/h3,5,7H,1,4H2,2H3;3-4H,2H2,1H3/t7-;4-/m11/s1. The van der Waals surface area contributed by atoms with E-state index >= 15 is 0 Å². The number of ether oxygens (including phenoxy) is 2. The molecule has 0 unspecified atom stereocenters. The Hall–Kier alpha value is -2.30. The lowest BCUT2D eigenvalue weighted by atomic mass is 10.2. The fourth-order valence-electron chi connectivity index (χ4n) is 1.76. The van der Waals surface area contributed by atoms with Gasteiger partial charge in [-0.25, -0.2) is 9.59 Å². The molecular formula is C15H17F3O7S. The molecule has 11 heteroatoms. The summed E-state index contributed by atoms with van der Waals surface area (Å²) >= 11 is 0. The largest absolute Gasteiger partial charge is 0.534 e. The smallest absolute Gasteiger partial charge is 0.455 e. The molecule has 0 spiro atoms. The lowest BCUT2D eigenvalue weighted by molar-refractivity contribution is -0.142. The zero-order valence-electron chi connectivity index (χ0n) is 13.9. The van der Waals surface area contributed by atoms with Gasteiger partial charge in [0.25, 0.3) is 0 Å². The Bertz CT molecular complexity index is 735. The van der Waals surface area contributed by atoms with E-state index in [1.807, 2.05) is 6.92 Å². The Kier molecular flexibility index (Phi) is 7.01. The molecule has 0 aromatic carbocycles. The molecule has 2 heterocycles. The van der Waals surface area contributed by atoms with Gasteiger partial charge >= 0.3 is 27.6 Å². The summed E-state index contributed by atoms with van der Waals surface area (Å²) in [6, 6.07) is 0. The second-order valence-corrected chi connectivity index (χ2v) is 6.58. The van der Waals surface area contributed by atoms with Gasteiger partial charge in [0, 0.05) is 6.08 Å². The molecule has 0 aromatic rings. The van der Waals surface area contributed by atoms with Crippen LogP contribution >= 0.6 is 0 Å². The molecule has 2 atom stereocenters. The van der Waals surface area contributed by atoms with E-state index in [1.165, 1.54) is 6.08 Å². The lowest BCUT2D eigenvalue weighted by Crippen LogP contribution is -2.26. The summed E-state index contributed by atoms with van der Waals surface area (Å²) < 4.78 is 69.9. The predicted molar refractivity (Wildman–Crippen MR) is 82.8 cm³/mol. The lowest BCUT2D eigenvalue weighted by Gasteiger charge is -2.07. The van der Waals surface area contributed by atoms with Crippen LogP contribution < -0.4 is 0 Å². The topological polar surface area (TPSA) is 96.0 Å². The third-order valence-corrected chi connectivity index (χ3v) is 4.13. The summed E-state index contributed by atoms with van der Waals surface area (Å²) in [5.41, 5.74) is -4.98. The normalized spacial score (nSPS) is 22.5. The molecule has 0 amide bonds. The van der Waals surface area contributed by atoms with E-state index in [9.17, 15) is 31.2 Å². The molecule has 0 N–H and O–H groups in total. The van der Waals surface area contributed by atoms with Crippen LogP contribution in [0.3, 0.4) is 0 Å². The van der Waals surface area contributed by atoms with Crippen LogP contribution in [0.5, 0.6) is 0 Å². The van der Waals surface area contributed by atoms with Crippen LogP contribution in [-0.2, 0) is 33.4 Å². The Morgan fingerprint density at radius 3 is 1.96 bits per heavy atom. The highest BCUT2D eigenvalue weighted by atomic mass is 32.2. The molecule has 0 bridgehead atoms. The van der Waals surface area contributed by atoms with Crippen molar-refractivity contribution >= 4 is 22.1 Å². The Morgan fingerprint density at radius 2 is 1.62 bits per heavy atom. The van der Waals surface area contributed by atoms with E-state index in [1.54, 1.807) is 13.0 Å². The zero-order chi connectivity index (χ0) is 20.1. The van der Waals surface area contributed by atoms with Crippen LogP contribution in [0.2, 0.25) is 0 Å². The van der Waals surface area contributed by atoms with E-state index in [2.05, 4.69) is 15.5 Å². The minimum absolute atomic E-state index is 0.0273. The first-order valence-electron chi connectivity index (χ1n) is 7.43. The van der Waals surface area contributed by atoms with Crippen LogP contribution in [0.1, 0.15) is 26.7 Å². The molecule has 146 valence electrons. The molecule has 0 aliphatic carbocycles. The van der Waals surface area contributed by atoms with E-state index in [4.69, 9.17) is 4.74 Å². The van der Waals surface area contributed by atoms with Crippen LogP contribution in [0.4, 0.5) is 13.2 Å². The van der Waals surface area contributed by atoms with Crippen molar-refractivity contribution in [2.24, 2.45) is 0 Å². The number of cyclic esters (lactones) is 2. The Balaban J connectivity index is 0.000000289. The zero-order valence-corrected chi connectivity index (χ0v) is 14.7. The quantitative estimate of drug-likeness (QED) is 0.399. The van der Waals surface area contributed by atoms with Crippen LogP contribution in [-0.4, -0.2) is 38.1 Å². The Labute approximate surface area is 148 Å². The van der Waals surface area contributed by atoms with Gasteiger partial charge in [-0.3, -0.25) is 0 Å². The molecule has 2 aliphatic rings. The van der Waals surface area contributed by atoms with E-state index in [0.717, 1.165) is 12.5 Å². The van der Waals surface area contributed by atoms with E-state index in [0.29, 0.717) is 12.0 Å². The number of rotatable bonds is 5. The average molecular weight is 398 g/mol. The average Bonchev–Trinajstić information content (AvgIpc) is 3.09. The number of halogens is 3. The van der Waals surface area contributed by atoms with Gasteiger partial charge in [-0.2, -0.15) is 21.6 Å². The summed E-state index contributed by atoms with van der Waals surface area (Å²) in [6.07, 6.45) is 4.58. The van der Waals surface area contributed by atoms with Crippen molar-refractivity contribution in [1.29, 1.82) is 0 Å². The van der Waals surface area contributed by atoms with E-state index in [-0.39, 0.29) is 12.1 Å². The number of carbonyl (C=O) groups is 2. The summed E-state index contributed by atoms with van der Waals surface area (Å²) in [4.78, 5) is 21.7. The SMILES string of the molecule is C=CC1=C[C@@H](CC)OC1=O.CC[C@@H]1C=C(OS(=O)(=O)C(F)(F)F)C(=O)O1. The maximum Gasteiger partial charge on any atom is 0.534 e. The van der Waals surface area contributed by atoms with Crippen molar-refractivity contribution in [3.63, 3.8) is 0 Å². The van der Waals surface area contributed by atoms with Gasteiger partial charge in [-0.15, -0.1) is 0 Å². The first-order chi connectivity index (χ1) is 11.9. The van der Waals surface area contributed by atoms with Gasteiger partial charge in [-0.05, 0) is 18.9 Å². The number of carbonyl (C=O) groups excluding carboxylic acids is 2. The van der Waals surface area contributed by atoms with Crippen molar-refractivity contribution in [3.8, 4) is 0 Å². The fourth-order valence-corrected chi connectivity index (χ4v) is 2.21. The molecule has 2 aliphatic heterocycles. The van der Waals surface area contributed by atoms with E-state index < -0.39 is 33.5 Å². The van der Waals surface area contributed by atoms with Crippen molar-refractivity contribution in [3.05, 3.63) is 36.1 Å². The summed E-state index contributed by atoms with van der Waals surface area (Å²) in [6.45, 7) is 7.07. The predicted octanol–water partition coefficient (Wildman–Crippen LogP) is 2.51. The highest BCUT2D eigenvalue weighted by Gasteiger charge is 2.50.